The quantitative estimate of drug-likeness (QED) is 0.253. The van der Waals surface area contributed by atoms with Crippen molar-refractivity contribution in [1.82, 2.24) is 5.32 Å². The minimum absolute atomic E-state index is 0.0150. The largest absolute Gasteiger partial charge is 0.466 e. The standard InChI is InChI=1S/C19H25N3O8/c1-2-29-18(24)4-3-7-20-17(23)13-30-19(25)15-12-14(22(26)27)5-6-16(15)21-8-10-28-11-9-21/h5-6,12H,2-4,7-11,13H2,1H3,(H,20,23). The summed E-state index contributed by atoms with van der Waals surface area (Å²) in [6.07, 6.45) is 0.565. The molecule has 1 aliphatic rings. The molecule has 0 unspecified atom stereocenters. The summed E-state index contributed by atoms with van der Waals surface area (Å²) in [6, 6.07) is 3.96. The predicted molar refractivity (Wildman–Crippen MR) is 105 cm³/mol. The predicted octanol–water partition coefficient (Wildman–Crippen LogP) is 1.05. The van der Waals surface area contributed by atoms with E-state index >= 15 is 0 Å². The Labute approximate surface area is 173 Å². The molecular formula is C19H25N3O8. The van der Waals surface area contributed by atoms with Gasteiger partial charge in [-0.15, -0.1) is 0 Å². The number of hydrogen-bond acceptors (Lipinski definition) is 9. The molecule has 0 aliphatic carbocycles. The lowest BCUT2D eigenvalue weighted by Gasteiger charge is -2.30. The maximum Gasteiger partial charge on any atom is 0.341 e. The van der Waals surface area contributed by atoms with Crippen LogP contribution in [0, 0.1) is 10.1 Å². The monoisotopic (exact) mass is 423 g/mol. The van der Waals surface area contributed by atoms with Crippen LogP contribution in [-0.4, -0.2) is 68.8 Å². The molecule has 1 N–H and O–H groups in total. The van der Waals surface area contributed by atoms with Crippen molar-refractivity contribution in [3.8, 4) is 0 Å². The molecule has 30 heavy (non-hydrogen) atoms. The first-order chi connectivity index (χ1) is 14.4. The number of ether oxygens (including phenoxy) is 3. The molecule has 11 nitrogen and oxygen atoms in total. The number of carbonyl (C=O) groups is 3. The Morgan fingerprint density at radius 3 is 2.63 bits per heavy atom. The van der Waals surface area contributed by atoms with Crippen LogP contribution in [0.2, 0.25) is 0 Å². The SMILES string of the molecule is CCOC(=O)CCCNC(=O)COC(=O)c1cc([N+](=O)[O-])ccc1N1CCOCC1. The fraction of sp³-hybridized carbons (Fsp3) is 0.526. The molecule has 1 amide bonds. The maximum absolute atomic E-state index is 12.5. The van der Waals surface area contributed by atoms with Crippen molar-refractivity contribution in [1.29, 1.82) is 0 Å². The van der Waals surface area contributed by atoms with E-state index in [1.54, 1.807) is 6.92 Å². The minimum Gasteiger partial charge on any atom is -0.466 e. The zero-order chi connectivity index (χ0) is 21.9. The Morgan fingerprint density at radius 1 is 1.23 bits per heavy atom. The van der Waals surface area contributed by atoms with Gasteiger partial charge in [0.15, 0.2) is 6.61 Å². The first-order valence-electron chi connectivity index (χ1n) is 9.63. The summed E-state index contributed by atoms with van der Waals surface area (Å²) in [5, 5.41) is 13.6. The molecule has 164 valence electrons. The van der Waals surface area contributed by atoms with Gasteiger partial charge < -0.3 is 24.4 Å². The number of esters is 2. The van der Waals surface area contributed by atoms with Crippen LogP contribution in [0.4, 0.5) is 11.4 Å². The molecule has 2 rings (SSSR count). The molecule has 0 aromatic heterocycles. The number of carbonyl (C=O) groups excluding carboxylic acids is 3. The maximum atomic E-state index is 12.5. The van der Waals surface area contributed by atoms with Crippen LogP contribution in [0.1, 0.15) is 30.1 Å². The lowest BCUT2D eigenvalue weighted by molar-refractivity contribution is -0.384. The zero-order valence-electron chi connectivity index (χ0n) is 16.8. The van der Waals surface area contributed by atoms with E-state index in [0.717, 1.165) is 6.07 Å². The number of nitrogens with zero attached hydrogens (tertiary/aromatic N) is 2. The lowest BCUT2D eigenvalue weighted by Crippen LogP contribution is -2.37. The highest BCUT2D eigenvalue weighted by Crippen LogP contribution is 2.27. The van der Waals surface area contributed by atoms with E-state index in [1.807, 2.05) is 4.90 Å². The highest BCUT2D eigenvalue weighted by atomic mass is 16.6. The summed E-state index contributed by atoms with van der Waals surface area (Å²) in [4.78, 5) is 48.0. The Kier molecular flexibility index (Phi) is 9.01. The van der Waals surface area contributed by atoms with Crippen LogP contribution >= 0.6 is 0 Å². The molecule has 0 radical (unpaired) electrons. The number of benzene rings is 1. The van der Waals surface area contributed by atoms with Gasteiger partial charge in [-0.3, -0.25) is 19.7 Å². The number of nitrogens with one attached hydrogen (secondary N) is 1. The van der Waals surface area contributed by atoms with Crippen molar-refractivity contribution in [2.45, 2.75) is 19.8 Å². The normalized spacial score (nSPS) is 13.4. The number of morpholine rings is 1. The second-order valence-electron chi connectivity index (χ2n) is 6.39. The van der Waals surface area contributed by atoms with Gasteiger partial charge in [0, 0.05) is 38.2 Å². The van der Waals surface area contributed by atoms with E-state index in [2.05, 4.69) is 5.32 Å². The Hall–Kier alpha value is -3.21. The topological polar surface area (TPSA) is 137 Å². The van der Waals surface area contributed by atoms with Crippen molar-refractivity contribution in [3.05, 3.63) is 33.9 Å². The van der Waals surface area contributed by atoms with Crippen LogP contribution in [-0.2, 0) is 23.8 Å². The first-order valence-corrected chi connectivity index (χ1v) is 9.63. The minimum atomic E-state index is -0.832. The van der Waals surface area contributed by atoms with E-state index in [1.165, 1.54) is 12.1 Å². The average molecular weight is 423 g/mol. The molecule has 1 saturated heterocycles. The second kappa shape index (κ2) is 11.7. The molecule has 1 heterocycles. The van der Waals surface area contributed by atoms with Gasteiger partial charge in [0.2, 0.25) is 0 Å². The number of hydrogen-bond donors (Lipinski definition) is 1. The lowest BCUT2D eigenvalue weighted by atomic mass is 10.1. The fourth-order valence-corrected chi connectivity index (χ4v) is 2.83. The molecule has 1 aromatic carbocycles. The molecule has 0 spiro atoms. The number of amides is 1. The van der Waals surface area contributed by atoms with Gasteiger partial charge in [-0.1, -0.05) is 0 Å². The summed E-state index contributed by atoms with van der Waals surface area (Å²) in [5.74, 6) is -1.72. The van der Waals surface area contributed by atoms with Gasteiger partial charge in [-0.05, 0) is 19.4 Å². The molecule has 1 fully saturated rings. The van der Waals surface area contributed by atoms with E-state index in [-0.39, 0.29) is 30.2 Å². The van der Waals surface area contributed by atoms with Crippen LogP contribution in [0.3, 0.4) is 0 Å². The number of rotatable bonds is 10. The van der Waals surface area contributed by atoms with Crippen LogP contribution in [0.25, 0.3) is 0 Å². The zero-order valence-corrected chi connectivity index (χ0v) is 16.8. The Bertz CT molecular complexity index is 777. The van der Waals surface area contributed by atoms with Gasteiger partial charge in [0.25, 0.3) is 11.6 Å². The number of nitro benzene ring substituents is 1. The van der Waals surface area contributed by atoms with Crippen molar-refractivity contribution < 1.29 is 33.5 Å². The summed E-state index contributed by atoms with van der Waals surface area (Å²) in [5.41, 5.74) is 0.257. The fourth-order valence-electron chi connectivity index (χ4n) is 2.83. The molecule has 0 bridgehead atoms. The third kappa shape index (κ3) is 6.99. The average Bonchev–Trinajstić information content (AvgIpc) is 2.75. The molecular weight excluding hydrogens is 398 g/mol. The van der Waals surface area contributed by atoms with Gasteiger partial charge in [0.1, 0.15) is 0 Å². The number of anilines is 1. The highest BCUT2D eigenvalue weighted by Gasteiger charge is 2.23. The summed E-state index contributed by atoms with van der Waals surface area (Å²) < 4.78 is 15.1. The highest BCUT2D eigenvalue weighted by molar-refractivity contribution is 5.97. The first kappa shape index (κ1) is 23.1. The van der Waals surface area contributed by atoms with E-state index < -0.39 is 23.4 Å². The van der Waals surface area contributed by atoms with Gasteiger partial charge >= 0.3 is 11.9 Å². The molecule has 0 saturated carbocycles. The summed E-state index contributed by atoms with van der Waals surface area (Å²) >= 11 is 0. The molecule has 1 aromatic rings. The van der Waals surface area contributed by atoms with Crippen molar-refractivity contribution in [3.63, 3.8) is 0 Å². The number of nitro groups is 1. The second-order valence-corrected chi connectivity index (χ2v) is 6.39. The van der Waals surface area contributed by atoms with Gasteiger partial charge in [0.05, 0.1) is 36.0 Å². The van der Waals surface area contributed by atoms with Crippen LogP contribution in [0.5, 0.6) is 0 Å². The third-order valence-corrected chi connectivity index (χ3v) is 4.28. The van der Waals surface area contributed by atoms with Crippen LogP contribution in [0.15, 0.2) is 18.2 Å². The van der Waals surface area contributed by atoms with Crippen molar-refractivity contribution >= 4 is 29.2 Å². The third-order valence-electron chi connectivity index (χ3n) is 4.28. The molecule has 11 heteroatoms. The van der Waals surface area contributed by atoms with Crippen molar-refractivity contribution in [2.75, 3.05) is 51.0 Å². The number of non-ortho nitro benzene ring substituents is 1. The molecule has 0 atom stereocenters. The Morgan fingerprint density at radius 2 is 1.97 bits per heavy atom. The van der Waals surface area contributed by atoms with E-state index in [4.69, 9.17) is 14.2 Å². The summed E-state index contributed by atoms with van der Waals surface area (Å²) in [7, 11) is 0. The van der Waals surface area contributed by atoms with Crippen molar-refractivity contribution in [2.24, 2.45) is 0 Å². The van der Waals surface area contributed by atoms with Gasteiger partial charge in [-0.25, -0.2) is 4.79 Å². The van der Waals surface area contributed by atoms with E-state index in [0.29, 0.717) is 45.0 Å². The smallest absolute Gasteiger partial charge is 0.341 e. The molecule has 1 aliphatic heterocycles. The van der Waals surface area contributed by atoms with E-state index in [9.17, 15) is 24.5 Å². The Balaban J connectivity index is 1.93. The van der Waals surface area contributed by atoms with Gasteiger partial charge in [-0.2, -0.15) is 0 Å². The summed E-state index contributed by atoms with van der Waals surface area (Å²) in [6.45, 7) is 3.69. The van der Waals surface area contributed by atoms with Crippen LogP contribution < -0.4 is 10.2 Å².